The number of Topliss-reactive ketones (excluding diaryl/α,β-unsaturated/α-hetero) is 2. The summed E-state index contributed by atoms with van der Waals surface area (Å²) in [6.45, 7) is 4.46. The van der Waals surface area contributed by atoms with Crippen molar-refractivity contribution in [2.75, 3.05) is 0 Å². The molecule has 0 saturated heterocycles. The summed E-state index contributed by atoms with van der Waals surface area (Å²) in [4.78, 5) is 25.2. The smallest absolute Gasteiger partial charge is 0.139 e. The lowest BCUT2D eigenvalue weighted by Gasteiger charge is -2.59. The molecule has 0 spiro atoms. The van der Waals surface area contributed by atoms with Gasteiger partial charge in [0, 0.05) is 24.2 Å². The van der Waals surface area contributed by atoms with Crippen LogP contribution in [0.1, 0.15) is 65.2 Å². The predicted molar refractivity (Wildman–Crippen MR) is 83.1 cm³/mol. The maximum Gasteiger partial charge on any atom is 0.139 e. The molecule has 22 heavy (non-hydrogen) atoms. The van der Waals surface area contributed by atoms with Gasteiger partial charge < -0.3 is 5.11 Å². The van der Waals surface area contributed by atoms with E-state index < -0.39 is 0 Å². The molecule has 1 N–H and O–H groups in total. The van der Waals surface area contributed by atoms with Gasteiger partial charge in [-0.1, -0.05) is 13.8 Å². The molecule has 0 aliphatic heterocycles. The van der Waals surface area contributed by atoms with Gasteiger partial charge in [-0.25, -0.2) is 0 Å². The van der Waals surface area contributed by atoms with Crippen LogP contribution in [0.15, 0.2) is 0 Å². The Morgan fingerprint density at radius 1 is 1.05 bits per heavy atom. The minimum atomic E-state index is -0.291. The molecule has 0 unspecified atom stereocenters. The summed E-state index contributed by atoms with van der Waals surface area (Å²) < 4.78 is 0. The van der Waals surface area contributed by atoms with Crippen molar-refractivity contribution >= 4 is 11.6 Å². The molecule has 0 aromatic rings. The molecule has 7 atom stereocenters. The zero-order valence-electron chi connectivity index (χ0n) is 13.8. The van der Waals surface area contributed by atoms with Crippen LogP contribution >= 0.6 is 0 Å². The van der Waals surface area contributed by atoms with Gasteiger partial charge >= 0.3 is 0 Å². The number of fused-ring (bicyclic) bond motifs is 5. The highest BCUT2D eigenvalue weighted by Gasteiger charge is 2.62. The third-order valence-electron chi connectivity index (χ3n) is 8.14. The van der Waals surface area contributed by atoms with Crippen molar-refractivity contribution in [2.24, 2.45) is 34.5 Å². The zero-order chi connectivity index (χ0) is 15.7. The van der Waals surface area contributed by atoms with Crippen LogP contribution in [0.5, 0.6) is 0 Å². The Bertz CT molecular complexity index is 527. The number of carbonyl (C=O) groups is 2. The van der Waals surface area contributed by atoms with Gasteiger partial charge in [-0.2, -0.15) is 0 Å². The van der Waals surface area contributed by atoms with Crippen LogP contribution in [-0.2, 0) is 9.59 Å². The molecular weight excluding hydrogens is 276 g/mol. The summed E-state index contributed by atoms with van der Waals surface area (Å²) in [5, 5.41) is 10.0. The molecular formula is C19H28O3. The van der Waals surface area contributed by atoms with Crippen LogP contribution in [-0.4, -0.2) is 22.8 Å². The molecule has 0 aromatic heterocycles. The van der Waals surface area contributed by atoms with Gasteiger partial charge in [-0.05, 0) is 61.7 Å². The first kappa shape index (κ1) is 14.9. The Morgan fingerprint density at radius 3 is 2.59 bits per heavy atom. The highest BCUT2D eigenvalue weighted by Crippen LogP contribution is 2.64. The number of aliphatic hydroxyl groups is 1. The fourth-order valence-corrected chi connectivity index (χ4v) is 6.79. The molecule has 3 heteroatoms. The van der Waals surface area contributed by atoms with E-state index in [2.05, 4.69) is 13.8 Å². The van der Waals surface area contributed by atoms with Crippen LogP contribution in [0.4, 0.5) is 0 Å². The van der Waals surface area contributed by atoms with E-state index in [9.17, 15) is 14.7 Å². The average Bonchev–Trinajstić information content (AvgIpc) is 2.77. The maximum absolute atomic E-state index is 12.8. The van der Waals surface area contributed by atoms with E-state index in [1.807, 2.05) is 0 Å². The quantitative estimate of drug-likeness (QED) is 0.748. The van der Waals surface area contributed by atoms with Gasteiger partial charge in [0.25, 0.3) is 0 Å². The van der Waals surface area contributed by atoms with Crippen LogP contribution in [0, 0.1) is 34.5 Å². The molecule has 0 radical (unpaired) electrons. The first-order valence-corrected chi connectivity index (χ1v) is 9.10. The van der Waals surface area contributed by atoms with Crippen LogP contribution in [0.2, 0.25) is 0 Å². The van der Waals surface area contributed by atoms with Gasteiger partial charge in [-0.3, -0.25) is 9.59 Å². The number of hydrogen-bond acceptors (Lipinski definition) is 3. The number of rotatable bonds is 0. The van der Waals surface area contributed by atoms with E-state index in [0.29, 0.717) is 42.2 Å². The highest BCUT2D eigenvalue weighted by atomic mass is 16.3. The fourth-order valence-electron chi connectivity index (χ4n) is 6.79. The Kier molecular flexibility index (Phi) is 3.15. The number of aliphatic hydroxyl groups excluding tert-OH is 1. The first-order valence-electron chi connectivity index (χ1n) is 9.10. The fraction of sp³-hybridized carbons (Fsp3) is 0.895. The summed E-state index contributed by atoms with van der Waals surface area (Å²) in [5.74, 6) is 2.27. The SMILES string of the molecule is C[C@]12CC[C@H](O)C[C@@H]1C(=O)C[C@@H]1[C@@H]2CC[C@]2(C)C(=O)CC[C@@H]12. The number of ketones is 2. The maximum atomic E-state index is 12.8. The van der Waals surface area contributed by atoms with E-state index in [1.54, 1.807) is 0 Å². The van der Waals surface area contributed by atoms with E-state index in [4.69, 9.17) is 0 Å². The summed E-state index contributed by atoms with van der Waals surface area (Å²) >= 11 is 0. The second kappa shape index (κ2) is 4.66. The van der Waals surface area contributed by atoms with Gasteiger partial charge in [0.1, 0.15) is 11.6 Å². The van der Waals surface area contributed by atoms with Gasteiger partial charge in [-0.15, -0.1) is 0 Å². The third kappa shape index (κ3) is 1.78. The van der Waals surface area contributed by atoms with Crippen LogP contribution in [0.3, 0.4) is 0 Å². The third-order valence-corrected chi connectivity index (χ3v) is 8.14. The molecule has 0 bridgehead atoms. The van der Waals surface area contributed by atoms with Crippen molar-refractivity contribution in [3.63, 3.8) is 0 Å². The van der Waals surface area contributed by atoms with Crippen LogP contribution < -0.4 is 0 Å². The molecule has 4 rings (SSSR count). The minimum absolute atomic E-state index is 0.0546. The number of carbonyl (C=O) groups excluding carboxylic acids is 2. The molecule has 122 valence electrons. The monoisotopic (exact) mass is 304 g/mol. The molecule has 4 aliphatic carbocycles. The van der Waals surface area contributed by atoms with Crippen molar-refractivity contribution in [1.29, 1.82) is 0 Å². The van der Waals surface area contributed by atoms with E-state index in [0.717, 1.165) is 38.5 Å². The van der Waals surface area contributed by atoms with Gasteiger partial charge in [0.2, 0.25) is 0 Å². The molecule has 0 amide bonds. The van der Waals surface area contributed by atoms with E-state index in [-0.39, 0.29) is 22.9 Å². The molecule has 4 fully saturated rings. The second-order valence-corrected chi connectivity index (χ2v) is 8.95. The summed E-state index contributed by atoms with van der Waals surface area (Å²) in [6, 6.07) is 0. The zero-order valence-corrected chi connectivity index (χ0v) is 13.8. The summed E-state index contributed by atoms with van der Waals surface area (Å²) in [5.41, 5.74) is -0.0922. The van der Waals surface area contributed by atoms with E-state index >= 15 is 0 Å². The normalized spacial score (nSPS) is 54.6. The Hall–Kier alpha value is -0.700. The standard InChI is InChI=1S/C19H28O3/c1-18-7-5-11(20)9-15(18)16(21)10-12-13-3-4-17(22)19(13,2)8-6-14(12)18/h11-15,20H,3-10H2,1-2H3/t11-,12-,13-,14-,15+,18+,19-/m0/s1. The largest absolute Gasteiger partial charge is 0.393 e. The number of hydrogen-bond donors (Lipinski definition) is 1. The average molecular weight is 304 g/mol. The topological polar surface area (TPSA) is 54.4 Å². The molecule has 3 nitrogen and oxygen atoms in total. The molecule has 0 aromatic carbocycles. The second-order valence-electron chi connectivity index (χ2n) is 8.95. The summed E-state index contributed by atoms with van der Waals surface area (Å²) in [6.07, 6.45) is 6.67. The van der Waals surface area contributed by atoms with Crippen molar-refractivity contribution in [3.8, 4) is 0 Å². The predicted octanol–water partition coefficient (Wildman–Crippen LogP) is 3.14. The van der Waals surface area contributed by atoms with Crippen molar-refractivity contribution < 1.29 is 14.7 Å². The lowest BCUT2D eigenvalue weighted by Crippen LogP contribution is -2.57. The lowest BCUT2D eigenvalue weighted by atomic mass is 9.45. The summed E-state index contributed by atoms with van der Waals surface area (Å²) in [7, 11) is 0. The minimum Gasteiger partial charge on any atom is -0.393 e. The molecule has 4 aliphatic rings. The lowest BCUT2D eigenvalue weighted by molar-refractivity contribution is -0.160. The van der Waals surface area contributed by atoms with Crippen molar-refractivity contribution in [3.05, 3.63) is 0 Å². The molecule has 4 saturated carbocycles. The van der Waals surface area contributed by atoms with Gasteiger partial charge in [0.05, 0.1) is 6.10 Å². The van der Waals surface area contributed by atoms with Gasteiger partial charge in [0.15, 0.2) is 0 Å². The Balaban J connectivity index is 1.69. The highest BCUT2D eigenvalue weighted by molar-refractivity contribution is 5.88. The Labute approximate surface area is 132 Å². The van der Waals surface area contributed by atoms with Crippen LogP contribution in [0.25, 0.3) is 0 Å². The molecule has 0 heterocycles. The first-order chi connectivity index (χ1) is 10.4. The Morgan fingerprint density at radius 2 is 1.82 bits per heavy atom. The van der Waals surface area contributed by atoms with Crippen molar-refractivity contribution in [2.45, 2.75) is 71.3 Å². The van der Waals surface area contributed by atoms with E-state index in [1.165, 1.54) is 0 Å². The van der Waals surface area contributed by atoms with Crippen molar-refractivity contribution in [1.82, 2.24) is 0 Å².